The SMILES string of the molecule is Nc1ccc2[nH]c(C=O)c(C(=O)CCCCl)c2c1. The van der Waals surface area contributed by atoms with Crippen molar-refractivity contribution in [2.24, 2.45) is 0 Å². The third-order valence-corrected chi connectivity index (χ3v) is 3.05. The Balaban J connectivity index is 2.55. The largest absolute Gasteiger partial charge is 0.399 e. The summed E-state index contributed by atoms with van der Waals surface area (Å²) in [7, 11) is 0. The van der Waals surface area contributed by atoms with Crippen LogP contribution in [-0.4, -0.2) is 22.9 Å². The van der Waals surface area contributed by atoms with Crippen LogP contribution in [0.1, 0.15) is 33.7 Å². The molecule has 0 saturated heterocycles. The Morgan fingerprint density at radius 1 is 1.44 bits per heavy atom. The highest BCUT2D eigenvalue weighted by Crippen LogP contribution is 2.25. The number of nitrogens with two attached hydrogens (primary N) is 1. The van der Waals surface area contributed by atoms with E-state index in [4.69, 9.17) is 17.3 Å². The number of aromatic amines is 1. The van der Waals surface area contributed by atoms with Crippen molar-refractivity contribution in [2.75, 3.05) is 11.6 Å². The minimum absolute atomic E-state index is 0.0883. The number of carbonyl (C=O) groups is 2. The minimum Gasteiger partial charge on any atom is -0.399 e. The van der Waals surface area contributed by atoms with Crippen molar-refractivity contribution >= 4 is 40.3 Å². The second kappa shape index (κ2) is 5.23. The van der Waals surface area contributed by atoms with Crippen LogP contribution in [0.5, 0.6) is 0 Å². The standard InChI is InChI=1S/C13H13ClN2O2/c14-5-1-2-12(18)13-9-6-8(15)3-4-10(9)16-11(13)7-17/h3-4,6-7,16H,1-2,5,15H2. The van der Waals surface area contributed by atoms with Crippen LogP contribution in [0.3, 0.4) is 0 Å². The maximum Gasteiger partial charge on any atom is 0.167 e. The molecule has 1 heterocycles. The smallest absolute Gasteiger partial charge is 0.167 e. The second-order valence-electron chi connectivity index (χ2n) is 4.05. The van der Waals surface area contributed by atoms with E-state index in [0.29, 0.717) is 47.3 Å². The summed E-state index contributed by atoms with van der Waals surface area (Å²) >= 11 is 5.57. The van der Waals surface area contributed by atoms with Gasteiger partial charge in [-0.05, 0) is 24.6 Å². The Morgan fingerprint density at radius 3 is 2.89 bits per heavy atom. The van der Waals surface area contributed by atoms with Crippen molar-refractivity contribution in [3.63, 3.8) is 0 Å². The number of nitrogen functional groups attached to an aromatic ring is 1. The van der Waals surface area contributed by atoms with Crippen LogP contribution in [0.25, 0.3) is 10.9 Å². The molecule has 0 saturated carbocycles. The molecule has 4 nitrogen and oxygen atoms in total. The molecule has 1 aromatic heterocycles. The third-order valence-electron chi connectivity index (χ3n) is 2.79. The summed E-state index contributed by atoms with van der Waals surface area (Å²) in [6.45, 7) is 0. The molecule has 0 aliphatic rings. The number of Topliss-reactive ketones (excluding diaryl/α,β-unsaturated/α-hetero) is 1. The molecule has 0 unspecified atom stereocenters. The first-order valence-corrected chi connectivity index (χ1v) is 6.16. The number of fused-ring (bicyclic) bond motifs is 1. The Labute approximate surface area is 109 Å². The Morgan fingerprint density at radius 2 is 2.22 bits per heavy atom. The summed E-state index contributed by atoms with van der Waals surface area (Å²) in [4.78, 5) is 26.0. The van der Waals surface area contributed by atoms with Gasteiger partial charge in [0.15, 0.2) is 12.1 Å². The van der Waals surface area contributed by atoms with Gasteiger partial charge in [0.25, 0.3) is 0 Å². The van der Waals surface area contributed by atoms with Crippen LogP contribution in [0, 0.1) is 0 Å². The first-order valence-electron chi connectivity index (χ1n) is 5.63. The lowest BCUT2D eigenvalue weighted by molar-refractivity contribution is 0.0977. The molecule has 0 fully saturated rings. The summed E-state index contributed by atoms with van der Waals surface area (Å²) in [5, 5.41) is 0.691. The lowest BCUT2D eigenvalue weighted by Gasteiger charge is -2.00. The van der Waals surface area contributed by atoms with Gasteiger partial charge in [-0.1, -0.05) is 0 Å². The average molecular weight is 265 g/mol. The highest BCUT2D eigenvalue weighted by atomic mass is 35.5. The molecule has 0 amide bonds. The van der Waals surface area contributed by atoms with Crippen molar-refractivity contribution in [3.8, 4) is 0 Å². The summed E-state index contributed by atoms with van der Waals surface area (Å²) in [5.41, 5.74) is 7.72. The lowest BCUT2D eigenvalue weighted by atomic mass is 10.0. The number of H-pyrrole nitrogens is 1. The van der Waals surface area contributed by atoms with Gasteiger partial charge in [0, 0.05) is 28.9 Å². The predicted octanol–water partition coefficient (Wildman–Crippen LogP) is 2.76. The van der Waals surface area contributed by atoms with E-state index < -0.39 is 0 Å². The van der Waals surface area contributed by atoms with E-state index in [-0.39, 0.29) is 5.78 Å². The monoisotopic (exact) mass is 264 g/mol. The number of aromatic nitrogens is 1. The number of benzene rings is 1. The number of anilines is 1. The quantitative estimate of drug-likeness (QED) is 0.377. The molecule has 0 radical (unpaired) electrons. The number of halogens is 1. The van der Waals surface area contributed by atoms with E-state index in [9.17, 15) is 9.59 Å². The molecule has 5 heteroatoms. The number of rotatable bonds is 5. The molecule has 2 rings (SSSR count). The van der Waals surface area contributed by atoms with Crippen molar-refractivity contribution in [3.05, 3.63) is 29.5 Å². The lowest BCUT2D eigenvalue weighted by Crippen LogP contribution is -2.02. The van der Waals surface area contributed by atoms with Crippen LogP contribution in [0.4, 0.5) is 5.69 Å². The Kier molecular flexibility index (Phi) is 3.67. The molecule has 0 atom stereocenters. The van der Waals surface area contributed by atoms with Crippen molar-refractivity contribution in [1.82, 2.24) is 4.98 Å². The number of hydrogen-bond acceptors (Lipinski definition) is 3. The predicted molar refractivity (Wildman–Crippen MR) is 72.4 cm³/mol. The average Bonchev–Trinajstić information content (AvgIpc) is 2.73. The number of nitrogens with one attached hydrogen (secondary N) is 1. The zero-order chi connectivity index (χ0) is 13.1. The highest BCUT2D eigenvalue weighted by Gasteiger charge is 2.17. The molecule has 2 aromatic rings. The summed E-state index contributed by atoms with van der Waals surface area (Å²) in [6.07, 6.45) is 1.57. The van der Waals surface area contributed by atoms with Gasteiger partial charge >= 0.3 is 0 Å². The molecule has 3 N–H and O–H groups in total. The number of ketones is 1. The fourth-order valence-electron chi connectivity index (χ4n) is 1.97. The number of hydrogen-bond donors (Lipinski definition) is 2. The topological polar surface area (TPSA) is 76.0 Å². The van der Waals surface area contributed by atoms with E-state index in [1.54, 1.807) is 18.2 Å². The first-order chi connectivity index (χ1) is 8.67. The maximum absolute atomic E-state index is 12.1. The third kappa shape index (κ3) is 2.24. The molecule has 1 aromatic carbocycles. The Bertz CT molecular complexity index is 604. The van der Waals surface area contributed by atoms with E-state index in [1.807, 2.05) is 0 Å². The molecule has 0 aliphatic heterocycles. The fraction of sp³-hybridized carbons (Fsp3) is 0.231. The van der Waals surface area contributed by atoms with Crippen molar-refractivity contribution in [2.45, 2.75) is 12.8 Å². The highest BCUT2D eigenvalue weighted by molar-refractivity contribution is 6.18. The van der Waals surface area contributed by atoms with Gasteiger partial charge in [0.05, 0.1) is 11.3 Å². The molecule has 0 spiro atoms. The minimum atomic E-state index is -0.0883. The van der Waals surface area contributed by atoms with E-state index >= 15 is 0 Å². The zero-order valence-corrected chi connectivity index (χ0v) is 10.5. The molecule has 0 aliphatic carbocycles. The van der Waals surface area contributed by atoms with Crippen LogP contribution >= 0.6 is 11.6 Å². The number of aldehydes is 1. The van der Waals surface area contributed by atoms with Gasteiger partial charge in [0.2, 0.25) is 0 Å². The summed E-state index contributed by atoms with van der Waals surface area (Å²) < 4.78 is 0. The van der Waals surface area contributed by atoms with Gasteiger partial charge in [-0.25, -0.2) is 0 Å². The van der Waals surface area contributed by atoms with Crippen molar-refractivity contribution in [1.29, 1.82) is 0 Å². The van der Waals surface area contributed by atoms with Crippen LogP contribution < -0.4 is 5.73 Å². The van der Waals surface area contributed by atoms with E-state index in [1.165, 1.54) is 0 Å². The van der Waals surface area contributed by atoms with E-state index in [0.717, 1.165) is 5.52 Å². The summed E-state index contributed by atoms with van der Waals surface area (Å²) in [6, 6.07) is 5.18. The molecular weight excluding hydrogens is 252 g/mol. The van der Waals surface area contributed by atoms with Crippen LogP contribution in [0.2, 0.25) is 0 Å². The first kappa shape index (κ1) is 12.6. The Hall–Kier alpha value is -1.81. The number of alkyl halides is 1. The van der Waals surface area contributed by atoms with E-state index in [2.05, 4.69) is 4.98 Å². The van der Waals surface area contributed by atoms with Gasteiger partial charge in [0.1, 0.15) is 0 Å². The van der Waals surface area contributed by atoms with Gasteiger partial charge in [-0.15, -0.1) is 11.6 Å². The fourth-order valence-corrected chi connectivity index (χ4v) is 2.11. The molecular formula is C13H13ClN2O2. The van der Waals surface area contributed by atoms with Gasteiger partial charge in [-0.2, -0.15) is 0 Å². The van der Waals surface area contributed by atoms with Crippen LogP contribution in [-0.2, 0) is 0 Å². The maximum atomic E-state index is 12.1. The molecule has 94 valence electrons. The molecule has 18 heavy (non-hydrogen) atoms. The number of carbonyl (C=O) groups excluding carboxylic acids is 2. The van der Waals surface area contributed by atoms with Gasteiger partial charge in [-0.3, -0.25) is 9.59 Å². The summed E-state index contributed by atoms with van der Waals surface area (Å²) in [5.74, 6) is 0.335. The second-order valence-corrected chi connectivity index (χ2v) is 4.43. The normalized spacial score (nSPS) is 10.7. The van der Waals surface area contributed by atoms with Crippen LogP contribution in [0.15, 0.2) is 18.2 Å². The van der Waals surface area contributed by atoms with Gasteiger partial charge < -0.3 is 10.7 Å². The zero-order valence-electron chi connectivity index (χ0n) is 9.70. The van der Waals surface area contributed by atoms with Crippen molar-refractivity contribution < 1.29 is 9.59 Å². The molecule has 0 bridgehead atoms.